The first-order valence-electron chi connectivity index (χ1n) is 8.50. The fourth-order valence-corrected chi connectivity index (χ4v) is 5.32. The quantitative estimate of drug-likeness (QED) is 0.589. The van der Waals surface area contributed by atoms with Crippen LogP contribution in [0.4, 0.5) is 13.2 Å². The van der Waals surface area contributed by atoms with E-state index in [0.29, 0.717) is 28.9 Å². The second kappa shape index (κ2) is 6.87. The molecule has 3 aromatic rings. The third-order valence-electron chi connectivity index (χ3n) is 4.80. The molecule has 1 unspecified atom stereocenters. The van der Waals surface area contributed by atoms with Crippen molar-refractivity contribution in [2.45, 2.75) is 31.9 Å². The van der Waals surface area contributed by atoms with E-state index in [-0.39, 0.29) is 16.7 Å². The third kappa shape index (κ3) is 3.45. The van der Waals surface area contributed by atoms with Gasteiger partial charge in [-0.25, -0.2) is 9.97 Å². The maximum Gasteiger partial charge on any atom is 0.433 e. The van der Waals surface area contributed by atoms with Gasteiger partial charge in [0.25, 0.3) is 5.91 Å². The van der Waals surface area contributed by atoms with Crippen LogP contribution >= 0.6 is 22.7 Å². The molecule has 0 spiro atoms. The van der Waals surface area contributed by atoms with Crippen molar-refractivity contribution in [2.24, 2.45) is 0 Å². The number of carbonyl (C=O) groups is 1. The molecule has 1 atom stereocenters. The average molecular weight is 411 g/mol. The summed E-state index contributed by atoms with van der Waals surface area (Å²) < 4.78 is 38.7. The summed E-state index contributed by atoms with van der Waals surface area (Å²) in [5, 5.41) is 3.55. The minimum Gasteiger partial charge on any atom is -0.337 e. The number of aryl methyl sites for hydroxylation is 1. The highest BCUT2D eigenvalue weighted by Crippen LogP contribution is 2.36. The van der Waals surface area contributed by atoms with Crippen molar-refractivity contribution < 1.29 is 18.0 Å². The van der Waals surface area contributed by atoms with Crippen LogP contribution in [0.2, 0.25) is 0 Å². The number of likely N-dealkylation sites (tertiary alicyclic amines) is 1. The number of halogens is 3. The van der Waals surface area contributed by atoms with E-state index in [1.807, 2.05) is 5.38 Å². The molecular weight excluding hydrogens is 395 g/mol. The minimum absolute atomic E-state index is 0.134. The zero-order valence-electron chi connectivity index (χ0n) is 14.4. The van der Waals surface area contributed by atoms with E-state index in [1.54, 1.807) is 29.4 Å². The van der Waals surface area contributed by atoms with E-state index in [4.69, 9.17) is 0 Å². The number of amides is 1. The normalized spacial score (nSPS) is 18.2. The fourth-order valence-electron chi connectivity index (χ4n) is 3.40. The Labute approximate surface area is 161 Å². The molecule has 0 saturated carbocycles. The largest absolute Gasteiger partial charge is 0.433 e. The van der Waals surface area contributed by atoms with Crippen molar-refractivity contribution in [3.8, 4) is 0 Å². The van der Waals surface area contributed by atoms with Gasteiger partial charge in [0.2, 0.25) is 0 Å². The lowest BCUT2D eigenvalue weighted by molar-refractivity contribution is -0.140. The van der Waals surface area contributed by atoms with Gasteiger partial charge in [-0.1, -0.05) is 0 Å². The summed E-state index contributed by atoms with van der Waals surface area (Å²) in [4.78, 5) is 23.6. The summed E-state index contributed by atoms with van der Waals surface area (Å²) in [5.74, 6) is 0.0812. The van der Waals surface area contributed by atoms with Crippen LogP contribution in [0, 0.1) is 6.92 Å². The van der Waals surface area contributed by atoms with E-state index in [1.165, 1.54) is 6.07 Å². The van der Waals surface area contributed by atoms with Gasteiger partial charge in [0.15, 0.2) is 0 Å². The van der Waals surface area contributed by atoms with E-state index >= 15 is 0 Å². The second-order valence-electron chi connectivity index (χ2n) is 6.56. The highest BCUT2D eigenvalue weighted by atomic mass is 32.1. The molecule has 1 amide bonds. The number of fused-ring (bicyclic) bond motifs is 1. The maximum atomic E-state index is 13.1. The molecule has 0 aliphatic carbocycles. The van der Waals surface area contributed by atoms with Crippen molar-refractivity contribution in [1.29, 1.82) is 0 Å². The van der Waals surface area contributed by atoms with Crippen LogP contribution in [0.3, 0.4) is 0 Å². The van der Waals surface area contributed by atoms with Gasteiger partial charge in [-0.05, 0) is 37.5 Å². The first-order valence-corrected chi connectivity index (χ1v) is 10.2. The molecule has 0 bridgehead atoms. The Bertz CT molecular complexity index is 982. The van der Waals surface area contributed by atoms with Gasteiger partial charge in [0.05, 0.1) is 9.88 Å². The Balaban J connectivity index is 1.63. The van der Waals surface area contributed by atoms with Gasteiger partial charge in [-0.3, -0.25) is 4.79 Å². The van der Waals surface area contributed by atoms with E-state index in [2.05, 4.69) is 9.97 Å². The van der Waals surface area contributed by atoms with Crippen LogP contribution in [-0.2, 0) is 6.18 Å². The number of rotatable bonds is 2. The number of piperidine rings is 1. The Hall–Kier alpha value is -2.00. The number of carbonyl (C=O) groups excluding carboxylic acids is 1. The number of thiophene rings is 1. The number of thiazole rings is 1. The first-order chi connectivity index (χ1) is 12.8. The van der Waals surface area contributed by atoms with Gasteiger partial charge >= 0.3 is 6.18 Å². The van der Waals surface area contributed by atoms with Crippen LogP contribution in [-0.4, -0.2) is 33.9 Å². The highest BCUT2D eigenvalue weighted by molar-refractivity contribution is 7.20. The van der Waals surface area contributed by atoms with Crippen LogP contribution in [0.15, 0.2) is 23.7 Å². The second-order valence-corrected chi connectivity index (χ2v) is 8.49. The molecule has 9 heteroatoms. The van der Waals surface area contributed by atoms with Crippen molar-refractivity contribution in [2.75, 3.05) is 13.1 Å². The summed E-state index contributed by atoms with van der Waals surface area (Å²) in [7, 11) is 0. The number of pyridine rings is 1. The smallest absolute Gasteiger partial charge is 0.337 e. The van der Waals surface area contributed by atoms with E-state index in [9.17, 15) is 18.0 Å². The van der Waals surface area contributed by atoms with Gasteiger partial charge in [-0.2, -0.15) is 13.2 Å². The number of nitrogens with zero attached hydrogens (tertiary/aromatic N) is 3. The molecule has 1 aliphatic rings. The molecule has 27 heavy (non-hydrogen) atoms. The van der Waals surface area contributed by atoms with Gasteiger partial charge < -0.3 is 4.90 Å². The van der Waals surface area contributed by atoms with Crippen molar-refractivity contribution in [1.82, 2.24) is 14.9 Å². The van der Waals surface area contributed by atoms with Crippen LogP contribution in [0.1, 0.15) is 44.7 Å². The number of aromatic nitrogens is 2. The first kappa shape index (κ1) is 18.4. The van der Waals surface area contributed by atoms with Gasteiger partial charge in [0, 0.05) is 36.0 Å². The maximum absolute atomic E-state index is 13.1. The molecule has 0 aromatic carbocycles. The molecule has 142 valence electrons. The van der Waals surface area contributed by atoms with Crippen molar-refractivity contribution in [3.63, 3.8) is 0 Å². The Morgan fingerprint density at radius 1 is 1.33 bits per heavy atom. The van der Waals surface area contributed by atoms with E-state index in [0.717, 1.165) is 35.3 Å². The lowest BCUT2D eigenvalue weighted by atomic mass is 9.98. The van der Waals surface area contributed by atoms with Crippen LogP contribution < -0.4 is 0 Å². The topological polar surface area (TPSA) is 46.1 Å². The van der Waals surface area contributed by atoms with Gasteiger partial charge in [0.1, 0.15) is 10.5 Å². The Kier molecular flexibility index (Phi) is 4.67. The molecule has 4 nitrogen and oxygen atoms in total. The zero-order chi connectivity index (χ0) is 19.2. The average Bonchev–Trinajstić information content (AvgIpc) is 3.29. The fraction of sp³-hybridized carbons (Fsp3) is 0.389. The summed E-state index contributed by atoms with van der Waals surface area (Å²) in [6, 6.07) is 2.37. The number of hydrogen-bond acceptors (Lipinski definition) is 5. The molecule has 4 heterocycles. The van der Waals surface area contributed by atoms with Crippen LogP contribution in [0.25, 0.3) is 10.2 Å². The number of hydrogen-bond donors (Lipinski definition) is 0. The highest BCUT2D eigenvalue weighted by Gasteiger charge is 2.34. The standard InChI is InChI=1S/C18H16F3N3OS2/c1-10-12-4-5-13(18(19,20)21)23-16(12)27-14(10)17(25)24-7-2-3-11(9-24)15-22-6-8-26-15/h4-6,8,11H,2-3,7,9H2,1H3. The summed E-state index contributed by atoms with van der Waals surface area (Å²) >= 11 is 2.63. The molecule has 1 fully saturated rings. The van der Waals surface area contributed by atoms with Crippen molar-refractivity contribution in [3.05, 3.63) is 44.9 Å². The molecule has 1 aliphatic heterocycles. The summed E-state index contributed by atoms with van der Waals surface area (Å²) in [6.07, 6.45) is -0.861. The predicted molar refractivity (Wildman–Crippen MR) is 99.4 cm³/mol. The molecular formula is C18H16F3N3OS2. The third-order valence-corrected chi connectivity index (χ3v) is 6.93. The summed E-state index contributed by atoms with van der Waals surface area (Å²) in [5.41, 5.74) is -0.241. The molecule has 1 saturated heterocycles. The number of alkyl halides is 3. The Morgan fingerprint density at radius 3 is 2.85 bits per heavy atom. The molecule has 4 rings (SSSR count). The SMILES string of the molecule is Cc1c(C(=O)N2CCCC(c3nccs3)C2)sc2nc(C(F)(F)F)ccc12. The van der Waals surface area contributed by atoms with Crippen molar-refractivity contribution >= 4 is 38.8 Å². The Morgan fingerprint density at radius 2 is 2.15 bits per heavy atom. The lowest BCUT2D eigenvalue weighted by Gasteiger charge is -2.31. The predicted octanol–water partition coefficient (Wildman–Crippen LogP) is 5.10. The molecule has 0 N–H and O–H groups in total. The van der Waals surface area contributed by atoms with Gasteiger partial charge in [-0.15, -0.1) is 22.7 Å². The summed E-state index contributed by atoms with van der Waals surface area (Å²) in [6.45, 7) is 3.00. The molecule has 0 radical (unpaired) electrons. The zero-order valence-corrected chi connectivity index (χ0v) is 16.0. The monoisotopic (exact) mass is 411 g/mol. The minimum atomic E-state index is -4.50. The van der Waals surface area contributed by atoms with Crippen LogP contribution in [0.5, 0.6) is 0 Å². The molecule has 3 aromatic heterocycles. The van der Waals surface area contributed by atoms with E-state index < -0.39 is 11.9 Å². The lowest BCUT2D eigenvalue weighted by Crippen LogP contribution is -2.39.